The second kappa shape index (κ2) is 6.53. The molecule has 4 N–H and O–H groups in total. The molecule has 0 radical (unpaired) electrons. The van der Waals surface area contributed by atoms with E-state index in [1.54, 1.807) is 12.1 Å². The Morgan fingerprint density at radius 3 is 2.27 bits per heavy atom. The van der Waals surface area contributed by atoms with E-state index >= 15 is 0 Å². The van der Waals surface area contributed by atoms with Gasteiger partial charge in [-0.3, -0.25) is 4.79 Å². The van der Waals surface area contributed by atoms with Gasteiger partial charge in [-0.05, 0) is 61.5 Å². The zero-order chi connectivity index (χ0) is 16.3. The molecule has 114 valence electrons. The number of benzene rings is 2. The number of carbonyl (C=O) groups excluding carboxylic acids is 1. The van der Waals surface area contributed by atoms with Crippen molar-refractivity contribution in [2.45, 2.75) is 13.8 Å². The number of rotatable bonds is 3. The summed E-state index contributed by atoms with van der Waals surface area (Å²) >= 11 is 4.80. The predicted molar refractivity (Wildman–Crippen MR) is 90.7 cm³/mol. The molecule has 22 heavy (non-hydrogen) atoms. The van der Waals surface area contributed by atoms with Crippen LogP contribution in [0.15, 0.2) is 36.4 Å². The monoisotopic (exact) mass is 317 g/mol. The van der Waals surface area contributed by atoms with Crippen molar-refractivity contribution < 1.29 is 9.18 Å². The first kappa shape index (κ1) is 15.9. The van der Waals surface area contributed by atoms with Gasteiger partial charge in [-0.2, -0.15) is 0 Å². The van der Waals surface area contributed by atoms with E-state index in [9.17, 15) is 9.18 Å². The quantitative estimate of drug-likeness (QED) is 0.760. The van der Waals surface area contributed by atoms with Gasteiger partial charge < -0.3 is 16.4 Å². The van der Waals surface area contributed by atoms with Gasteiger partial charge in [0.15, 0.2) is 5.11 Å². The molecule has 0 fully saturated rings. The summed E-state index contributed by atoms with van der Waals surface area (Å²) in [5.41, 5.74) is 8.48. The molecule has 6 heteroatoms. The average molecular weight is 317 g/mol. The molecule has 0 spiro atoms. The minimum Gasteiger partial charge on any atom is -0.376 e. The van der Waals surface area contributed by atoms with Gasteiger partial charge in [0.05, 0.1) is 5.56 Å². The number of hydrogen-bond donors (Lipinski definition) is 3. The van der Waals surface area contributed by atoms with Crippen LogP contribution in [0.3, 0.4) is 0 Å². The van der Waals surface area contributed by atoms with Crippen LogP contribution in [0.25, 0.3) is 0 Å². The molecule has 0 bridgehead atoms. The van der Waals surface area contributed by atoms with Crippen molar-refractivity contribution in [2.24, 2.45) is 5.73 Å². The SMILES string of the molecule is Cc1cc(NC(N)=S)cc(C)c1NC(=O)c1ccccc1F. The maximum absolute atomic E-state index is 13.7. The molecular weight excluding hydrogens is 301 g/mol. The van der Waals surface area contributed by atoms with Crippen molar-refractivity contribution in [3.63, 3.8) is 0 Å². The lowest BCUT2D eigenvalue weighted by Gasteiger charge is -2.14. The molecule has 4 nitrogen and oxygen atoms in total. The second-order valence-electron chi connectivity index (χ2n) is 4.91. The van der Waals surface area contributed by atoms with E-state index in [0.29, 0.717) is 5.69 Å². The number of nitrogens with two attached hydrogens (primary N) is 1. The van der Waals surface area contributed by atoms with Crippen molar-refractivity contribution in [1.29, 1.82) is 0 Å². The van der Waals surface area contributed by atoms with Crippen molar-refractivity contribution >= 4 is 34.6 Å². The number of thiocarbonyl (C=S) groups is 1. The molecule has 0 saturated heterocycles. The summed E-state index contributed by atoms with van der Waals surface area (Å²) in [4.78, 5) is 12.2. The highest BCUT2D eigenvalue weighted by molar-refractivity contribution is 7.80. The van der Waals surface area contributed by atoms with E-state index in [2.05, 4.69) is 10.6 Å². The van der Waals surface area contributed by atoms with Gasteiger partial charge in [0, 0.05) is 11.4 Å². The van der Waals surface area contributed by atoms with Crippen LogP contribution in [0.2, 0.25) is 0 Å². The third kappa shape index (κ3) is 3.59. The molecule has 0 atom stereocenters. The molecule has 0 saturated carbocycles. The number of nitrogens with one attached hydrogen (secondary N) is 2. The summed E-state index contributed by atoms with van der Waals surface area (Å²) in [6.07, 6.45) is 0. The molecule has 2 aromatic rings. The number of carbonyl (C=O) groups is 1. The molecule has 0 aliphatic heterocycles. The Balaban J connectivity index is 2.28. The number of amides is 1. The van der Waals surface area contributed by atoms with Crippen LogP contribution in [0.1, 0.15) is 21.5 Å². The van der Waals surface area contributed by atoms with Crippen LogP contribution < -0.4 is 16.4 Å². The lowest BCUT2D eigenvalue weighted by molar-refractivity contribution is 0.102. The summed E-state index contributed by atoms with van der Waals surface area (Å²) < 4.78 is 13.7. The van der Waals surface area contributed by atoms with Gasteiger partial charge in [-0.15, -0.1) is 0 Å². The molecule has 0 aromatic heterocycles. The van der Waals surface area contributed by atoms with Crippen molar-refractivity contribution in [2.75, 3.05) is 10.6 Å². The summed E-state index contributed by atoms with van der Waals surface area (Å²) in [5, 5.41) is 5.76. The van der Waals surface area contributed by atoms with Crippen LogP contribution in [-0.2, 0) is 0 Å². The average Bonchev–Trinajstić information content (AvgIpc) is 2.42. The fraction of sp³-hybridized carbons (Fsp3) is 0.125. The van der Waals surface area contributed by atoms with Gasteiger partial charge in [0.1, 0.15) is 5.82 Å². The lowest BCUT2D eigenvalue weighted by Crippen LogP contribution is -2.19. The summed E-state index contributed by atoms with van der Waals surface area (Å²) in [6, 6.07) is 9.47. The van der Waals surface area contributed by atoms with Gasteiger partial charge >= 0.3 is 0 Å². The Hall–Kier alpha value is -2.47. The van der Waals surface area contributed by atoms with Gasteiger partial charge in [-0.1, -0.05) is 12.1 Å². The Kier molecular flexibility index (Phi) is 4.72. The largest absolute Gasteiger partial charge is 0.376 e. The zero-order valence-corrected chi connectivity index (χ0v) is 13.1. The van der Waals surface area contributed by atoms with E-state index in [1.165, 1.54) is 12.1 Å². The number of halogens is 1. The van der Waals surface area contributed by atoms with Gasteiger partial charge in [-0.25, -0.2) is 4.39 Å². The standard InChI is InChI=1S/C16H16FN3OS/c1-9-7-11(19-16(18)22)8-10(2)14(9)20-15(21)12-5-3-4-6-13(12)17/h3-8H,1-2H3,(H,20,21)(H3,18,19,22). The first-order valence-corrected chi connectivity index (χ1v) is 7.03. The van der Waals surface area contributed by atoms with Gasteiger partial charge in [0.25, 0.3) is 5.91 Å². The summed E-state index contributed by atoms with van der Waals surface area (Å²) in [5.74, 6) is -1.04. The van der Waals surface area contributed by atoms with E-state index in [0.717, 1.165) is 16.8 Å². The number of anilines is 2. The Morgan fingerprint density at radius 1 is 1.14 bits per heavy atom. The van der Waals surface area contributed by atoms with Crippen LogP contribution in [0, 0.1) is 19.7 Å². The van der Waals surface area contributed by atoms with Crippen LogP contribution in [-0.4, -0.2) is 11.0 Å². The molecule has 0 aliphatic rings. The normalized spacial score (nSPS) is 10.1. The zero-order valence-electron chi connectivity index (χ0n) is 12.2. The van der Waals surface area contributed by atoms with E-state index in [1.807, 2.05) is 26.0 Å². The Bertz CT molecular complexity index is 723. The van der Waals surface area contributed by atoms with E-state index in [4.69, 9.17) is 18.0 Å². The fourth-order valence-electron chi connectivity index (χ4n) is 2.20. The fourth-order valence-corrected chi connectivity index (χ4v) is 2.32. The minimum atomic E-state index is -0.554. The highest BCUT2D eigenvalue weighted by Gasteiger charge is 2.14. The lowest BCUT2D eigenvalue weighted by atomic mass is 10.1. The number of aryl methyl sites for hydroxylation is 2. The first-order chi connectivity index (χ1) is 10.4. The summed E-state index contributed by atoms with van der Waals surface area (Å²) in [6.45, 7) is 3.68. The second-order valence-corrected chi connectivity index (χ2v) is 5.35. The molecule has 2 rings (SSSR count). The molecule has 0 heterocycles. The topological polar surface area (TPSA) is 67.2 Å². The van der Waals surface area contributed by atoms with Crippen molar-refractivity contribution in [1.82, 2.24) is 0 Å². The third-order valence-electron chi connectivity index (χ3n) is 3.16. The molecule has 0 unspecified atom stereocenters. The smallest absolute Gasteiger partial charge is 0.258 e. The highest BCUT2D eigenvalue weighted by atomic mass is 32.1. The molecule has 2 aromatic carbocycles. The molecule has 1 amide bonds. The maximum Gasteiger partial charge on any atom is 0.258 e. The minimum absolute atomic E-state index is 0.00615. The predicted octanol–water partition coefficient (Wildman–Crippen LogP) is 3.35. The maximum atomic E-state index is 13.7. The van der Waals surface area contributed by atoms with E-state index < -0.39 is 11.7 Å². The summed E-state index contributed by atoms with van der Waals surface area (Å²) in [7, 11) is 0. The highest BCUT2D eigenvalue weighted by Crippen LogP contribution is 2.25. The van der Waals surface area contributed by atoms with Crippen LogP contribution in [0.4, 0.5) is 15.8 Å². The van der Waals surface area contributed by atoms with Crippen molar-refractivity contribution in [3.05, 3.63) is 58.9 Å². The van der Waals surface area contributed by atoms with Crippen LogP contribution in [0.5, 0.6) is 0 Å². The molecular formula is C16H16FN3OS. The van der Waals surface area contributed by atoms with E-state index in [-0.39, 0.29) is 10.7 Å². The van der Waals surface area contributed by atoms with Gasteiger partial charge in [0.2, 0.25) is 0 Å². The van der Waals surface area contributed by atoms with Crippen molar-refractivity contribution in [3.8, 4) is 0 Å². The first-order valence-electron chi connectivity index (χ1n) is 6.62. The Morgan fingerprint density at radius 2 is 1.73 bits per heavy atom. The molecule has 0 aliphatic carbocycles. The Labute approximate surface area is 133 Å². The van der Waals surface area contributed by atoms with Crippen LogP contribution >= 0.6 is 12.2 Å². The number of hydrogen-bond acceptors (Lipinski definition) is 2. The third-order valence-corrected chi connectivity index (χ3v) is 3.26.